The molecule has 0 radical (unpaired) electrons. The molecule has 0 aliphatic rings. The van der Waals surface area contributed by atoms with Gasteiger partial charge in [-0.2, -0.15) is 0 Å². The SMILES string of the molecule is CCCCCCn1c(-c2ccccc2)csc1=Nc1ccc(C)cc1. The van der Waals surface area contributed by atoms with Crippen LogP contribution >= 0.6 is 11.3 Å². The fourth-order valence-electron chi connectivity index (χ4n) is 2.90. The van der Waals surface area contributed by atoms with E-state index < -0.39 is 0 Å². The fraction of sp³-hybridized carbons (Fsp3) is 0.318. The number of hydrogen-bond donors (Lipinski definition) is 0. The van der Waals surface area contributed by atoms with Crippen molar-refractivity contribution in [3.05, 3.63) is 70.3 Å². The monoisotopic (exact) mass is 350 g/mol. The second-order valence-corrected chi connectivity index (χ2v) is 7.27. The van der Waals surface area contributed by atoms with E-state index in [4.69, 9.17) is 4.99 Å². The molecule has 0 saturated carbocycles. The van der Waals surface area contributed by atoms with E-state index >= 15 is 0 Å². The molecule has 0 aliphatic carbocycles. The van der Waals surface area contributed by atoms with Crippen LogP contribution in [-0.4, -0.2) is 4.57 Å². The van der Waals surface area contributed by atoms with Gasteiger partial charge in [0.1, 0.15) is 0 Å². The summed E-state index contributed by atoms with van der Waals surface area (Å²) in [6.07, 6.45) is 5.04. The van der Waals surface area contributed by atoms with Gasteiger partial charge >= 0.3 is 0 Å². The highest BCUT2D eigenvalue weighted by Crippen LogP contribution is 2.21. The van der Waals surface area contributed by atoms with Crippen LogP contribution < -0.4 is 4.80 Å². The lowest BCUT2D eigenvalue weighted by molar-refractivity contribution is 0.577. The summed E-state index contributed by atoms with van der Waals surface area (Å²) < 4.78 is 2.38. The van der Waals surface area contributed by atoms with Gasteiger partial charge in [-0.05, 0) is 31.0 Å². The summed E-state index contributed by atoms with van der Waals surface area (Å²) in [5.41, 5.74) is 4.82. The molecule has 1 aromatic heterocycles. The highest BCUT2D eigenvalue weighted by atomic mass is 32.1. The predicted molar refractivity (Wildman–Crippen MR) is 108 cm³/mol. The average molecular weight is 351 g/mol. The third-order valence-corrected chi connectivity index (χ3v) is 5.22. The Kier molecular flexibility index (Phi) is 6.24. The van der Waals surface area contributed by atoms with E-state index in [2.05, 4.69) is 78.4 Å². The van der Waals surface area contributed by atoms with E-state index in [-0.39, 0.29) is 0 Å². The van der Waals surface area contributed by atoms with Crippen LogP contribution in [0.25, 0.3) is 11.3 Å². The number of rotatable bonds is 7. The molecular formula is C22H26N2S. The first-order chi connectivity index (χ1) is 12.3. The summed E-state index contributed by atoms with van der Waals surface area (Å²) in [6.45, 7) is 5.39. The molecule has 2 aromatic carbocycles. The van der Waals surface area contributed by atoms with E-state index in [1.165, 1.54) is 42.5 Å². The Morgan fingerprint density at radius 2 is 1.68 bits per heavy atom. The van der Waals surface area contributed by atoms with E-state index in [1.807, 2.05) is 0 Å². The Bertz CT molecular complexity index is 842. The number of benzene rings is 2. The van der Waals surface area contributed by atoms with Crippen molar-refractivity contribution in [1.82, 2.24) is 4.57 Å². The van der Waals surface area contributed by atoms with Crippen molar-refractivity contribution in [1.29, 1.82) is 0 Å². The van der Waals surface area contributed by atoms with E-state index in [0.717, 1.165) is 17.0 Å². The summed E-state index contributed by atoms with van der Waals surface area (Å²) in [4.78, 5) is 5.99. The number of thiazole rings is 1. The number of aromatic nitrogens is 1. The Balaban J connectivity index is 1.96. The number of aryl methyl sites for hydroxylation is 1. The lowest BCUT2D eigenvalue weighted by Gasteiger charge is -2.09. The summed E-state index contributed by atoms with van der Waals surface area (Å²) in [5, 5.41) is 2.24. The highest BCUT2D eigenvalue weighted by molar-refractivity contribution is 7.07. The second-order valence-electron chi connectivity index (χ2n) is 6.43. The summed E-state index contributed by atoms with van der Waals surface area (Å²) in [5.74, 6) is 0. The molecule has 0 amide bonds. The lowest BCUT2D eigenvalue weighted by Crippen LogP contribution is -2.16. The number of nitrogens with zero attached hydrogens (tertiary/aromatic N) is 2. The van der Waals surface area contributed by atoms with Crippen molar-refractivity contribution >= 4 is 17.0 Å². The Morgan fingerprint density at radius 3 is 2.40 bits per heavy atom. The highest BCUT2D eigenvalue weighted by Gasteiger charge is 2.07. The van der Waals surface area contributed by atoms with Gasteiger partial charge in [0.05, 0.1) is 11.4 Å². The normalized spacial score (nSPS) is 11.8. The smallest absolute Gasteiger partial charge is 0.190 e. The zero-order valence-corrected chi connectivity index (χ0v) is 15.9. The van der Waals surface area contributed by atoms with Gasteiger partial charge in [-0.25, -0.2) is 4.99 Å². The molecule has 130 valence electrons. The Labute approximate surface area is 154 Å². The van der Waals surface area contributed by atoms with Crippen molar-refractivity contribution in [3.63, 3.8) is 0 Å². The maximum absolute atomic E-state index is 4.91. The van der Waals surface area contributed by atoms with E-state index in [1.54, 1.807) is 11.3 Å². The van der Waals surface area contributed by atoms with Gasteiger partial charge in [-0.15, -0.1) is 11.3 Å². The first kappa shape index (κ1) is 17.7. The molecule has 0 bridgehead atoms. The molecule has 0 unspecified atom stereocenters. The average Bonchev–Trinajstić information content (AvgIpc) is 3.04. The minimum absolute atomic E-state index is 1.02. The van der Waals surface area contributed by atoms with E-state index in [9.17, 15) is 0 Å². The molecule has 3 rings (SSSR count). The minimum atomic E-state index is 1.02. The maximum atomic E-state index is 4.91. The molecule has 0 saturated heterocycles. The Hall–Kier alpha value is -2.13. The number of hydrogen-bond acceptors (Lipinski definition) is 2. The van der Waals surface area contributed by atoms with Gasteiger partial charge in [0.25, 0.3) is 0 Å². The maximum Gasteiger partial charge on any atom is 0.190 e. The second kappa shape index (κ2) is 8.82. The number of unbranched alkanes of at least 4 members (excludes halogenated alkanes) is 3. The molecule has 3 aromatic rings. The predicted octanol–water partition coefficient (Wildman–Crippen LogP) is 6.34. The molecular weight excluding hydrogens is 324 g/mol. The van der Waals surface area contributed by atoms with Gasteiger partial charge in [0, 0.05) is 11.9 Å². The van der Waals surface area contributed by atoms with Gasteiger partial charge in [-0.1, -0.05) is 74.2 Å². The summed E-state index contributed by atoms with van der Waals surface area (Å²) in [6, 6.07) is 19.1. The first-order valence-electron chi connectivity index (χ1n) is 9.13. The third-order valence-electron chi connectivity index (χ3n) is 4.36. The molecule has 25 heavy (non-hydrogen) atoms. The standard InChI is InChI=1S/C22H26N2S/c1-3-4-5-9-16-24-21(19-10-7-6-8-11-19)17-25-22(24)23-20-14-12-18(2)13-15-20/h6-8,10-15,17H,3-5,9,16H2,1-2H3. The molecule has 0 atom stereocenters. The van der Waals surface area contributed by atoms with Gasteiger partial charge in [0.15, 0.2) is 4.80 Å². The summed E-state index contributed by atoms with van der Waals surface area (Å²) >= 11 is 1.73. The third kappa shape index (κ3) is 4.70. The molecule has 0 N–H and O–H groups in total. The minimum Gasteiger partial charge on any atom is -0.316 e. The van der Waals surface area contributed by atoms with Gasteiger partial charge in [0.2, 0.25) is 0 Å². The topological polar surface area (TPSA) is 17.3 Å². The Morgan fingerprint density at radius 1 is 0.920 bits per heavy atom. The van der Waals surface area contributed by atoms with Gasteiger partial charge in [-0.3, -0.25) is 0 Å². The van der Waals surface area contributed by atoms with Crippen LogP contribution in [0.2, 0.25) is 0 Å². The molecule has 2 nitrogen and oxygen atoms in total. The first-order valence-corrected chi connectivity index (χ1v) is 10.0. The zero-order chi connectivity index (χ0) is 17.5. The van der Waals surface area contributed by atoms with Crippen molar-refractivity contribution in [2.45, 2.75) is 46.1 Å². The van der Waals surface area contributed by atoms with Crippen LogP contribution in [0.3, 0.4) is 0 Å². The largest absolute Gasteiger partial charge is 0.316 e. The van der Waals surface area contributed by atoms with Crippen molar-refractivity contribution < 1.29 is 0 Å². The van der Waals surface area contributed by atoms with Crippen molar-refractivity contribution in [2.24, 2.45) is 4.99 Å². The van der Waals surface area contributed by atoms with Crippen LogP contribution in [-0.2, 0) is 6.54 Å². The quantitative estimate of drug-likeness (QED) is 0.443. The molecule has 0 fully saturated rings. The van der Waals surface area contributed by atoms with Crippen LogP contribution in [0, 0.1) is 6.92 Å². The zero-order valence-electron chi connectivity index (χ0n) is 15.1. The van der Waals surface area contributed by atoms with Gasteiger partial charge < -0.3 is 4.57 Å². The molecule has 1 heterocycles. The van der Waals surface area contributed by atoms with Crippen molar-refractivity contribution in [2.75, 3.05) is 0 Å². The molecule has 0 spiro atoms. The fourth-order valence-corrected chi connectivity index (χ4v) is 3.86. The van der Waals surface area contributed by atoms with Crippen LogP contribution in [0.4, 0.5) is 5.69 Å². The van der Waals surface area contributed by atoms with E-state index in [0.29, 0.717) is 0 Å². The summed E-state index contributed by atoms with van der Waals surface area (Å²) in [7, 11) is 0. The van der Waals surface area contributed by atoms with Crippen LogP contribution in [0.5, 0.6) is 0 Å². The molecule has 3 heteroatoms. The van der Waals surface area contributed by atoms with Crippen molar-refractivity contribution in [3.8, 4) is 11.3 Å². The van der Waals surface area contributed by atoms with Crippen LogP contribution in [0.15, 0.2) is 65.0 Å². The lowest BCUT2D eigenvalue weighted by atomic mass is 10.1. The molecule has 0 aliphatic heterocycles. The van der Waals surface area contributed by atoms with Crippen LogP contribution in [0.1, 0.15) is 38.2 Å².